The molecule has 0 saturated carbocycles. The maximum absolute atomic E-state index is 13.7. The van der Waals surface area contributed by atoms with Crippen molar-refractivity contribution in [1.29, 1.82) is 0 Å². The fourth-order valence-electron chi connectivity index (χ4n) is 3.48. The maximum atomic E-state index is 13.7. The Morgan fingerprint density at radius 3 is 3.04 bits per heavy atom. The number of H-pyrrole nitrogens is 1. The maximum Gasteiger partial charge on any atom is 0.221 e. The highest BCUT2D eigenvalue weighted by Crippen LogP contribution is 2.33. The van der Waals surface area contributed by atoms with Crippen molar-refractivity contribution in [3.8, 4) is 0 Å². The van der Waals surface area contributed by atoms with Crippen molar-refractivity contribution in [2.24, 2.45) is 0 Å². The molecule has 0 fully saturated rings. The summed E-state index contributed by atoms with van der Waals surface area (Å²) in [5.41, 5.74) is 4.39. The Morgan fingerprint density at radius 1 is 1.32 bits per heavy atom. The molecule has 0 radical (unpaired) electrons. The predicted molar refractivity (Wildman–Crippen MR) is 96.1 cm³/mol. The fourth-order valence-corrected chi connectivity index (χ4v) is 3.48. The number of carbonyl (C=O) groups is 1. The Balaban J connectivity index is 1.66. The summed E-state index contributed by atoms with van der Waals surface area (Å²) in [6.07, 6.45) is 2.94. The van der Waals surface area contributed by atoms with Gasteiger partial charge in [0.2, 0.25) is 11.9 Å². The summed E-state index contributed by atoms with van der Waals surface area (Å²) >= 11 is 0. The van der Waals surface area contributed by atoms with Crippen molar-refractivity contribution >= 4 is 28.6 Å². The molecule has 1 aliphatic rings. The lowest BCUT2D eigenvalue weighted by Crippen LogP contribution is -2.18. The third-order valence-electron chi connectivity index (χ3n) is 4.56. The van der Waals surface area contributed by atoms with Gasteiger partial charge in [0, 0.05) is 6.92 Å². The Hall–Kier alpha value is -2.89. The molecule has 3 aromatic rings. The minimum atomic E-state index is -0.218. The van der Waals surface area contributed by atoms with Gasteiger partial charge in [-0.15, -0.1) is 0 Å². The number of nitrogens with one attached hydrogen (secondary N) is 3. The van der Waals surface area contributed by atoms with Crippen molar-refractivity contribution in [1.82, 2.24) is 9.97 Å². The first-order valence-corrected chi connectivity index (χ1v) is 8.41. The Labute approximate surface area is 144 Å². The molecule has 1 aliphatic carbocycles. The second-order valence-electron chi connectivity index (χ2n) is 6.40. The molecule has 2 aromatic carbocycles. The van der Waals surface area contributed by atoms with Gasteiger partial charge in [-0.3, -0.25) is 4.79 Å². The lowest BCUT2D eigenvalue weighted by Gasteiger charge is -2.26. The summed E-state index contributed by atoms with van der Waals surface area (Å²) in [6, 6.07) is 10.6. The SMILES string of the molecule is CC(=O)Nc1cccc2[nH]c(NC3CCCc4ccc(F)cc43)nc12. The van der Waals surface area contributed by atoms with Crippen LogP contribution in [-0.4, -0.2) is 15.9 Å². The lowest BCUT2D eigenvalue weighted by molar-refractivity contribution is -0.114. The second kappa shape index (κ2) is 6.20. The molecular formula is C19H19FN4O. The number of carbonyl (C=O) groups excluding carboxylic acids is 1. The van der Waals surface area contributed by atoms with Crippen molar-refractivity contribution in [2.75, 3.05) is 10.6 Å². The van der Waals surface area contributed by atoms with E-state index in [1.165, 1.54) is 18.6 Å². The second-order valence-corrected chi connectivity index (χ2v) is 6.40. The van der Waals surface area contributed by atoms with Crippen LogP contribution in [0.25, 0.3) is 11.0 Å². The number of benzene rings is 2. The summed E-state index contributed by atoms with van der Waals surface area (Å²) in [5.74, 6) is 0.265. The molecule has 0 bridgehead atoms. The Bertz CT molecular complexity index is 950. The van der Waals surface area contributed by atoms with Gasteiger partial charge in [0.15, 0.2) is 0 Å². The summed E-state index contributed by atoms with van der Waals surface area (Å²) in [6.45, 7) is 1.47. The van der Waals surface area contributed by atoms with Crippen molar-refractivity contribution in [3.05, 3.63) is 53.3 Å². The minimum Gasteiger partial charge on any atom is -0.349 e. The van der Waals surface area contributed by atoms with E-state index in [1.54, 1.807) is 6.07 Å². The molecule has 3 N–H and O–H groups in total. The molecule has 6 heteroatoms. The standard InChI is InChI=1S/C19H19FN4O/c1-11(25)21-16-6-3-7-17-18(16)24-19(23-17)22-15-5-2-4-12-8-9-13(20)10-14(12)15/h3,6-10,15H,2,4-5H2,1H3,(H,21,25)(H2,22,23,24). The van der Waals surface area contributed by atoms with Crippen LogP contribution in [0.15, 0.2) is 36.4 Å². The van der Waals surface area contributed by atoms with Crippen LogP contribution < -0.4 is 10.6 Å². The third kappa shape index (κ3) is 3.07. The predicted octanol–water partition coefficient (Wildman–Crippen LogP) is 4.15. The van der Waals surface area contributed by atoms with Gasteiger partial charge < -0.3 is 15.6 Å². The van der Waals surface area contributed by atoms with Gasteiger partial charge in [0.05, 0.1) is 17.2 Å². The van der Waals surface area contributed by atoms with Gasteiger partial charge in [-0.2, -0.15) is 0 Å². The van der Waals surface area contributed by atoms with Crippen molar-refractivity contribution in [2.45, 2.75) is 32.2 Å². The van der Waals surface area contributed by atoms with Crippen molar-refractivity contribution in [3.63, 3.8) is 0 Å². The number of aryl methyl sites for hydroxylation is 1. The first-order valence-electron chi connectivity index (χ1n) is 8.41. The van der Waals surface area contributed by atoms with Crippen LogP contribution in [0.5, 0.6) is 0 Å². The van der Waals surface area contributed by atoms with E-state index in [2.05, 4.69) is 20.6 Å². The number of hydrogen-bond acceptors (Lipinski definition) is 3. The first kappa shape index (κ1) is 15.6. The summed E-state index contributed by atoms with van der Waals surface area (Å²) in [4.78, 5) is 19.2. The highest BCUT2D eigenvalue weighted by atomic mass is 19.1. The number of rotatable bonds is 3. The van der Waals surface area contributed by atoms with Crippen LogP contribution in [0.1, 0.15) is 36.9 Å². The van der Waals surface area contributed by atoms with E-state index in [-0.39, 0.29) is 17.8 Å². The molecule has 1 atom stereocenters. The van der Waals surface area contributed by atoms with E-state index in [0.29, 0.717) is 17.2 Å². The normalized spacial score (nSPS) is 16.5. The van der Waals surface area contributed by atoms with Crippen LogP contribution in [0, 0.1) is 5.82 Å². The Morgan fingerprint density at radius 2 is 2.20 bits per heavy atom. The van der Waals surface area contributed by atoms with E-state index < -0.39 is 0 Å². The van der Waals surface area contributed by atoms with Crippen LogP contribution >= 0.6 is 0 Å². The molecule has 0 saturated heterocycles. The molecular weight excluding hydrogens is 319 g/mol. The topological polar surface area (TPSA) is 69.8 Å². The zero-order valence-corrected chi connectivity index (χ0v) is 13.9. The zero-order chi connectivity index (χ0) is 17.4. The van der Waals surface area contributed by atoms with Gasteiger partial charge in [0.1, 0.15) is 11.3 Å². The van der Waals surface area contributed by atoms with Gasteiger partial charge >= 0.3 is 0 Å². The number of para-hydroxylation sites is 1. The number of nitrogens with zero attached hydrogens (tertiary/aromatic N) is 1. The number of aromatic nitrogens is 2. The average molecular weight is 338 g/mol. The molecule has 1 amide bonds. The van der Waals surface area contributed by atoms with E-state index >= 15 is 0 Å². The molecule has 1 unspecified atom stereocenters. The highest BCUT2D eigenvalue weighted by Gasteiger charge is 2.22. The van der Waals surface area contributed by atoms with Crippen molar-refractivity contribution < 1.29 is 9.18 Å². The number of fused-ring (bicyclic) bond motifs is 2. The number of aromatic amines is 1. The van der Waals surface area contributed by atoms with Crippen LogP contribution in [-0.2, 0) is 11.2 Å². The number of halogens is 1. The highest BCUT2D eigenvalue weighted by molar-refractivity contribution is 5.99. The number of anilines is 2. The van der Waals surface area contributed by atoms with Gasteiger partial charge in [-0.25, -0.2) is 9.37 Å². The smallest absolute Gasteiger partial charge is 0.221 e. The minimum absolute atomic E-state index is 0.0178. The zero-order valence-electron chi connectivity index (χ0n) is 13.9. The molecule has 25 heavy (non-hydrogen) atoms. The summed E-state index contributed by atoms with van der Waals surface area (Å²) < 4.78 is 13.7. The van der Waals surface area contributed by atoms with Gasteiger partial charge in [-0.1, -0.05) is 12.1 Å². The molecule has 4 rings (SSSR count). The largest absolute Gasteiger partial charge is 0.349 e. The first-order chi connectivity index (χ1) is 12.1. The van der Waals surface area contributed by atoms with Gasteiger partial charge in [-0.05, 0) is 54.7 Å². The van der Waals surface area contributed by atoms with E-state index in [4.69, 9.17) is 0 Å². The molecule has 0 spiro atoms. The van der Waals surface area contributed by atoms with Crippen LogP contribution in [0.4, 0.5) is 16.0 Å². The monoisotopic (exact) mass is 338 g/mol. The summed E-state index contributed by atoms with van der Waals surface area (Å²) in [7, 11) is 0. The fraction of sp³-hybridized carbons (Fsp3) is 0.263. The number of amides is 1. The van der Waals surface area contributed by atoms with Gasteiger partial charge in [0.25, 0.3) is 0 Å². The Kier molecular flexibility index (Phi) is 3.87. The molecule has 128 valence electrons. The number of imidazole rings is 1. The van der Waals surface area contributed by atoms with E-state index in [9.17, 15) is 9.18 Å². The molecule has 1 heterocycles. The van der Waals surface area contributed by atoms with E-state index in [1.807, 2.05) is 24.3 Å². The van der Waals surface area contributed by atoms with Crippen LogP contribution in [0.2, 0.25) is 0 Å². The van der Waals surface area contributed by atoms with Crippen LogP contribution in [0.3, 0.4) is 0 Å². The molecule has 0 aliphatic heterocycles. The van der Waals surface area contributed by atoms with E-state index in [0.717, 1.165) is 30.3 Å². The summed E-state index contributed by atoms with van der Waals surface area (Å²) in [5, 5.41) is 6.18. The molecule has 5 nitrogen and oxygen atoms in total. The quantitative estimate of drug-likeness (QED) is 0.672. The molecule has 1 aromatic heterocycles. The average Bonchev–Trinajstić information content (AvgIpc) is 2.98. The lowest BCUT2D eigenvalue weighted by atomic mass is 9.88. The number of hydrogen-bond donors (Lipinski definition) is 3. The third-order valence-corrected chi connectivity index (χ3v) is 4.56.